The predicted molar refractivity (Wildman–Crippen MR) is 111 cm³/mol. The standard InChI is InChI=1S/C23H27N3O2/c1-16-7-3-4-10-19(16)20-13-24-25-22(20)17-9-6-12-26(14-17)15-18-8-5-11-21(28-2)23(18)27/h3-5,7-8,10-11,13,17,27H,6,9,12,14-15H2,1-2H3,(H,24,25)/t17-/m1/s1. The third kappa shape index (κ3) is 3.62. The van der Waals surface area contributed by atoms with E-state index in [2.05, 4.69) is 46.3 Å². The van der Waals surface area contributed by atoms with Crippen LogP contribution in [0.5, 0.6) is 11.5 Å². The SMILES string of the molecule is COc1cccc(CN2CCC[C@@H](c3[nH]ncc3-c3ccccc3C)C2)c1O. The number of rotatable bonds is 5. The maximum absolute atomic E-state index is 10.4. The zero-order valence-electron chi connectivity index (χ0n) is 16.5. The summed E-state index contributed by atoms with van der Waals surface area (Å²) in [5.41, 5.74) is 5.83. The molecule has 5 heteroatoms. The number of aromatic amines is 1. The number of para-hydroxylation sites is 1. The number of likely N-dealkylation sites (tertiary alicyclic amines) is 1. The summed E-state index contributed by atoms with van der Waals surface area (Å²) in [6.07, 6.45) is 4.22. The molecule has 146 valence electrons. The van der Waals surface area contributed by atoms with Gasteiger partial charge < -0.3 is 9.84 Å². The minimum absolute atomic E-state index is 0.245. The molecule has 2 N–H and O–H groups in total. The molecule has 28 heavy (non-hydrogen) atoms. The van der Waals surface area contributed by atoms with Crippen molar-refractivity contribution in [3.8, 4) is 22.6 Å². The van der Waals surface area contributed by atoms with E-state index in [1.165, 1.54) is 22.4 Å². The Kier molecular flexibility index (Phi) is 5.35. The highest BCUT2D eigenvalue weighted by Crippen LogP contribution is 2.36. The number of nitrogens with zero attached hydrogens (tertiary/aromatic N) is 2. The molecule has 1 fully saturated rings. The summed E-state index contributed by atoms with van der Waals surface area (Å²) in [5, 5.41) is 18.1. The molecule has 0 aliphatic carbocycles. The summed E-state index contributed by atoms with van der Waals surface area (Å²) < 4.78 is 5.25. The monoisotopic (exact) mass is 377 g/mol. The van der Waals surface area contributed by atoms with Crippen molar-refractivity contribution >= 4 is 0 Å². The van der Waals surface area contributed by atoms with Crippen molar-refractivity contribution in [1.29, 1.82) is 0 Å². The van der Waals surface area contributed by atoms with Crippen LogP contribution >= 0.6 is 0 Å². The molecule has 4 rings (SSSR count). The van der Waals surface area contributed by atoms with Crippen molar-refractivity contribution in [3.63, 3.8) is 0 Å². The fraction of sp³-hybridized carbons (Fsp3) is 0.348. The van der Waals surface area contributed by atoms with Crippen molar-refractivity contribution in [2.75, 3.05) is 20.2 Å². The van der Waals surface area contributed by atoms with Gasteiger partial charge in [-0.2, -0.15) is 5.10 Å². The number of phenolic OH excluding ortho intramolecular Hbond substituents is 1. The quantitative estimate of drug-likeness (QED) is 0.688. The average molecular weight is 377 g/mol. The molecular weight excluding hydrogens is 350 g/mol. The van der Waals surface area contributed by atoms with Crippen molar-refractivity contribution in [2.24, 2.45) is 0 Å². The minimum Gasteiger partial charge on any atom is -0.504 e. The number of aromatic hydroxyl groups is 1. The maximum Gasteiger partial charge on any atom is 0.162 e. The van der Waals surface area contributed by atoms with Crippen LogP contribution < -0.4 is 4.74 Å². The van der Waals surface area contributed by atoms with Gasteiger partial charge in [0.05, 0.1) is 13.3 Å². The smallest absolute Gasteiger partial charge is 0.162 e. The third-order valence-corrected chi connectivity index (χ3v) is 5.71. The second-order valence-electron chi connectivity index (χ2n) is 7.55. The van der Waals surface area contributed by atoms with Gasteiger partial charge in [-0.15, -0.1) is 0 Å². The van der Waals surface area contributed by atoms with E-state index >= 15 is 0 Å². The zero-order chi connectivity index (χ0) is 19.5. The molecule has 1 aliphatic heterocycles. The van der Waals surface area contributed by atoms with E-state index in [4.69, 9.17) is 4.74 Å². The van der Waals surface area contributed by atoms with Crippen LogP contribution in [0.2, 0.25) is 0 Å². The van der Waals surface area contributed by atoms with Gasteiger partial charge in [0.1, 0.15) is 0 Å². The van der Waals surface area contributed by atoms with E-state index in [1.807, 2.05) is 18.3 Å². The van der Waals surface area contributed by atoms with Gasteiger partial charge >= 0.3 is 0 Å². The summed E-state index contributed by atoms with van der Waals surface area (Å²) in [7, 11) is 1.58. The largest absolute Gasteiger partial charge is 0.504 e. The predicted octanol–water partition coefficient (Wildman–Crippen LogP) is 4.48. The Labute approximate surface area is 166 Å². The Morgan fingerprint density at radius 1 is 1.18 bits per heavy atom. The number of hydrogen-bond acceptors (Lipinski definition) is 4. The molecule has 1 aromatic heterocycles. The Bertz CT molecular complexity index is 951. The van der Waals surface area contributed by atoms with Crippen LogP contribution in [0.1, 0.15) is 35.6 Å². The number of ether oxygens (including phenoxy) is 1. The molecule has 1 saturated heterocycles. The number of H-pyrrole nitrogens is 1. The van der Waals surface area contributed by atoms with Crippen molar-refractivity contribution in [1.82, 2.24) is 15.1 Å². The average Bonchev–Trinajstić information content (AvgIpc) is 3.20. The number of phenols is 1. The van der Waals surface area contributed by atoms with Gasteiger partial charge in [0.15, 0.2) is 11.5 Å². The summed E-state index contributed by atoms with van der Waals surface area (Å²) >= 11 is 0. The summed E-state index contributed by atoms with van der Waals surface area (Å²) in [4.78, 5) is 2.41. The first kappa shape index (κ1) is 18.6. The topological polar surface area (TPSA) is 61.4 Å². The molecule has 0 bridgehead atoms. The molecule has 1 aliphatic rings. The number of piperidine rings is 1. The Balaban J connectivity index is 1.54. The highest BCUT2D eigenvalue weighted by atomic mass is 16.5. The second-order valence-corrected chi connectivity index (χ2v) is 7.55. The molecule has 1 atom stereocenters. The van der Waals surface area contributed by atoms with E-state index in [0.717, 1.165) is 31.5 Å². The minimum atomic E-state index is 0.245. The molecular formula is C23H27N3O2. The molecule has 0 unspecified atom stereocenters. The van der Waals surface area contributed by atoms with Gasteiger partial charge in [0.25, 0.3) is 0 Å². The Morgan fingerprint density at radius 2 is 2.04 bits per heavy atom. The summed E-state index contributed by atoms with van der Waals surface area (Å²) in [5.74, 6) is 1.18. The van der Waals surface area contributed by atoms with Crippen molar-refractivity contribution in [2.45, 2.75) is 32.2 Å². The fourth-order valence-electron chi connectivity index (χ4n) is 4.23. The molecule has 3 aromatic rings. The van der Waals surface area contributed by atoms with E-state index < -0.39 is 0 Å². The molecule has 0 saturated carbocycles. The highest BCUT2D eigenvalue weighted by Gasteiger charge is 2.26. The number of methoxy groups -OCH3 is 1. The Hall–Kier alpha value is -2.79. The number of benzene rings is 2. The van der Waals surface area contributed by atoms with Crippen LogP contribution in [0, 0.1) is 6.92 Å². The summed E-state index contributed by atoms with van der Waals surface area (Å²) in [6, 6.07) is 14.1. The molecule has 0 radical (unpaired) electrons. The lowest BCUT2D eigenvalue weighted by Gasteiger charge is -2.33. The van der Waals surface area contributed by atoms with E-state index in [-0.39, 0.29) is 5.75 Å². The van der Waals surface area contributed by atoms with Gasteiger partial charge in [-0.1, -0.05) is 36.4 Å². The van der Waals surface area contributed by atoms with E-state index in [0.29, 0.717) is 18.2 Å². The lowest BCUT2D eigenvalue weighted by Crippen LogP contribution is -2.34. The summed E-state index contributed by atoms with van der Waals surface area (Å²) in [6.45, 7) is 4.83. The van der Waals surface area contributed by atoms with Gasteiger partial charge in [-0.3, -0.25) is 10.00 Å². The van der Waals surface area contributed by atoms with Gasteiger partial charge in [-0.05, 0) is 43.5 Å². The number of aryl methyl sites for hydroxylation is 1. The van der Waals surface area contributed by atoms with Gasteiger partial charge in [0.2, 0.25) is 0 Å². The molecule has 5 nitrogen and oxygen atoms in total. The zero-order valence-corrected chi connectivity index (χ0v) is 16.5. The first-order chi connectivity index (χ1) is 13.7. The lowest BCUT2D eigenvalue weighted by molar-refractivity contribution is 0.196. The number of aromatic nitrogens is 2. The molecule has 2 heterocycles. The normalized spacial score (nSPS) is 17.6. The number of nitrogens with one attached hydrogen (secondary N) is 1. The van der Waals surface area contributed by atoms with E-state index in [1.54, 1.807) is 13.2 Å². The first-order valence-electron chi connectivity index (χ1n) is 9.84. The molecule has 2 aromatic carbocycles. The fourth-order valence-corrected chi connectivity index (χ4v) is 4.23. The highest BCUT2D eigenvalue weighted by molar-refractivity contribution is 5.69. The number of hydrogen-bond donors (Lipinski definition) is 2. The van der Waals surface area contributed by atoms with Crippen LogP contribution in [0.15, 0.2) is 48.7 Å². The van der Waals surface area contributed by atoms with Crippen LogP contribution in [0.25, 0.3) is 11.1 Å². The molecule has 0 spiro atoms. The van der Waals surface area contributed by atoms with E-state index in [9.17, 15) is 5.11 Å². The van der Waals surface area contributed by atoms with Gasteiger partial charge in [-0.25, -0.2) is 0 Å². The second kappa shape index (κ2) is 8.07. The van der Waals surface area contributed by atoms with Crippen LogP contribution in [-0.2, 0) is 6.54 Å². The van der Waals surface area contributed by atoms with Crippen molar-refractivity contribution in [3.05, 3.63) is 65.5 Å². The third-order valence-electron chi connectivity index (χ3n) is 5.71. The Morgan fingerprint density at radius 3 is 2.86 bits per heavy atom. The maximum atomic E-state index is 10.4. The van der Waals surface area contributed by atoms with Gasteiger partial charge in [0, 0.05) is 35.8 Å². The van der Waals surface area contributed by atoms with Crippen molar-refractivity contribution < 1.29 is 9.84 Å². The van der Waals surface area contributed by atoms with Crippen LogP contribution in [0.3, 0.4) is 0 Å². The van der Waals surface area contributed by atoms with Crippen LogP contribution in [0.4, 0.5) is 0 Å². The van der Waals surface area contributed by atoms with Crippen LogP contribution in [-0.4, -0.2) is 40.4 Å². The lowest BCUT2D eigenvalue weighted by atomic mass is 9.89. The molecule has 0 amide bonds. The first-order valence-corrected chi connectivity index (χ1v) is 9.84.